The smallest absolute Gasteiger partial charge is 0.144 e. The third-order valence-corrected chi connectivity index (χ3v) is 2.57. The molecular formula is C11H13N3O. The number of ether oxygens (including phenoxy) is 1. The Labute approximate surface area is 88.7 Å². The molecule has 15 heavy (non-hydrogen) atoms. The molecule has 4 nitrogen and oxygen atoms in total. The van der Waals surface area contributed by atoms with Crippen LogP contribution in [0.15, 0.2) is 18.3 Å². The van der Waals surface area contributed by atoms with Gasteiger partial charge in [-0.25, -0.2) is 4.98 Å². The van der Waals surface area contributed by atoms with Gasteiger partial charge in [0.1, 0.15) is 23.6 Å². The van der Waals surface area contributed by atoms with Crippen molar-refractivity contribution in [3.8, 4) is 11.8 Å². The van der Waals surface area contributed by atoms with Crippen LogP contribution in [0.4, 0.5) is 0 Å². The van der Waals surface area contributed by atoms with Crippen molar-refractivity contribution in [2.24, 2.45) is 5.73 Å². The van der Waals surface area contributed by atoms with E-state index in [-0.39, 0.29) is 12.1 Å². The van der Waals surface area contributed by atoms with Gasteiger partial charge in [0.25, 0.3) is 0 Å². The average molecular weight is 203 g/mol. The second-order valence-corrected chi connectivity index (χ2v) is 3.80. The van der Waals surface area contributed by atoms with Gasteiger partial charge in [0.15, 0.2) is 0 Å². The lowest BCUT2D eigenvalue weighted by molar-refractivity contribution is 0.208. The van der Waals surface area contributed by atoms with Gasteiger partial charge in [-0.3, -0.25) is 0 Å². The molecule has 0 aliphatic heterocycles. The highest BCUT2D eigenvalue weighted by Gasteiger charge is 2.23. The number of nitriles is 1. The molecule has 2 N–H and O–H groups in total. The summed E-state index contributed by atoms with van der Waals surface area (Å²) in [5.41, 5.74) is 6.17. The quantitative estimate of drug-likeness (QED) is 0.784. The first kappa shape index (κ1) is 9.94. The number of hydrogen-bond donors (Lipinski definition) is 1. The van der Waals surface area contributed by atoms with Gasteiger partial charge < -0.3 is 10.5 Å². The molecule has 1 saturated carbocycles. The fourth-order valence-electron chi connectivity index (χ4n) is 1.82. The molecule has 1 heterocycles. The summed E-state index contributed by atoms with van der Waals surface area (Å²) in [6.07, 6.45) is 4.67. The van der Waals surface area contributed by atoms with Crippen molar-refractivity contribution in [3.63, 3.8) is 0 Å². The molecule has 1 aromatic heterocycles. The molecule has 0 bridgehead atoms. The highest BCUT2D eigenvalue weighted by atomic mass is 16.5. The van der Waals surface area contributed by atoms with Crippen molar-refractivity contribution >= 4 is 0 Å². The first-order valence-electron chi connectivity index (χ1n) is 5.06. The predicted molar refractivity (Wildman–Crippen MR) is 55.2 cm³/mol. The maximum Gasteiger partial charge on any atom is 0.144 e. The fraction of sp³-hybridized carbons (Fsp3) is 0.455. The first-order chi connectivity index (χ1) is 7.28. The van der Waals surface area contributed by atoms with E-state index in [1.165, 1.54) is 0 Å². The van der Waals surface area contributed by atoms with E-state index in [4.69, 9.17) is 15.7 Å². The second kappa shape index (κ2) is 4.28. The molecule has 0 radical (unpaired) electrons. The minimum atomic E-state index is 0.189. The number of rotatable bonds is 2. The molecule has 0 spiro atoms. The second-order valence-electron chi connectivity index (χ2n) is 3.80. The Morgan fingerprint density at radius 1 is 1.53 bits per heavy atom. The molecule has 1 aromatic rings. The third-order valence-electron chi connectivity index (χ3n) is 2.57. The van der Waals surface area contributed by atoms with Crippen molar-refractivity contribution in [2.75, 3.05) is 0 Å². The van der Waals surface area contributed by atoms with Crippen LogP contribution in [0.1, 0.15) is 25.0 Å². The van der Waals surface area contributed by atoms with Crippen molar-refractivity contribution in [3.05, 3.63) is 24.0 Å². The summed E-state index contributed by atoms with van der Waals surface area (Å²) in [7, 11) is 0. The molecule has 0 amide bonds. The predicted octanol–water partition coefficient (Wildman–Crippen LogP) is 1.21. The highest BCUT2D eigenvalue weighted by molar-refractivity contribution is 5.29. The normalized spacial score (nSPS) is 24.8. The maximum atomic E-state index is 8.68. The van der Waals surface area contributed by atoms with E-state index >= 15 is 0 Å². The Morgan fingerprint density at radius 2 is 2.40 bits per heavy atom. The largest absolute Gasteiger partial charge is 0.490 e. The third kappa shape index (κ3) is 2.45. The Kier molecular flexibility index (Phi) is 2.84. The van der Waals surface area contributed by atoms with Crippen LogP contribution >= 0.6 is 0 Å². The van der Waals surface area contributed by atoms with E-state index in [1.54, 1.807) is 18.3 Å². The maximum absolute atomic E-state index is 8.68. The van der Waals surface area contributed by atoms with Crippen molar-refractivity contribution in [1.82, 2.24) is 4.98 Å². The highest BCUT2D eigenvalue weighted by Crippen LogP contribution is 2.23. The SMILES string of the molecule is N#Cc1cc(OC2CCC(N)C2)ccn1. The molecule has 4 heteroatoms. The fourth-order valence-corrected chi connectivity index (χ4v) is 1.82. The van der Waals surface area contributed by atoms with E-state index in [9.17, 15) is 0 Å². The molecule has 78 valence electrons. The summed E-state index contributed by atoms with van der Waals surface area (Å²) in [4.78, 5) is 3.88. The molecule has 2 rings (SSSR count). The monoisotopic (exact) mass is 203 g/mol. The van der Waals surface area contributed by atoms with Crippen molar-refractivity contribution in [1.29, 1.82) is 5.26 Å². The Bertz CT molecular complexity index is 386. The van der Waals surface area contributed by atoms with Gasteiger partial charge in [-0.1, -0.05) is 0 Å². The van der Waals surface area contributed by atoms with Gasteiger partial charge in [-0.2, -0.15) is 5.26 Å². The molecule has 1 aliphatic rings. The van der Waals surface area contributed by atoms with E-state index in [0.717, 1.165) is 19.3 Å². The zero-order chi connectivity index (χ0) is 10.7. The number of aromatic nitrogens is 1. The van der Waals surface area contributed by atoms with Crippen LogP contribution in [0, 0.1) is 11.3 Å². The van der Waals surface area contributed by atoms with Crippen LogP contribution in [0.5, 0.6) is 5.75 Å². The Hall–Kier alpha value is -1.60. The van der Waals surface area contributed by atoms with Crippen molar-refractivity contribution < 1.29 is 4.74 Å². The summed E-state index contributed by atoms with van der Waals surface area (Å²) >= 11 is 0. The van der Waals surface area contributed by atoms with Crippen LogP contribution < -0.4 is 10.5 Å². The summed E-state index contributed by atoms with van der Waals surface area (Å²) in [5.74, 6) is 0.709. The van der Waals surface area contributed by atoms with Crippen LogP contribution in [0.25, 0.3) is 0 Å². The van der Waals surface area contributed by atoms with E-state index in [1.807, 2.05) is 6.07 Å². The van der Waals surface area contributed by atoms with Crippen LogP contribution in [0.3, 0.4) is 0 Å². The van der Waals surface area contributed by atoms with Crippen LogP contribution in [-0.4, -0.2) is 17.1 Å². The lowest BCUT2D eigenvalue weighted by Crippen LogP contribution is -2.19. The minimum absolute atomic E-state index is 0.189. The van der Waals surface area contributed by atoms with Gasteiger partial charge in [0.05, 0.1) is 0 Å². The molecule has 1 fully saturated rings. The summed E-state index contributed by atoms with van der Waals surface area (Å²) in [6, 6.07) is 5.67. The Morgan fingerprint density at radius 3 is 3.07 bits per heavy atom. The van der Waals surface area contributed by atoms with E-state index < -0.39 is 0 Å². The van der Waals surface area contributed by atoms with Gasteiger partial charge in [-0.05, 0) is 25.3 Å². The first-order valence-corrected chi connectivity index (χ1v) is 5.06. The molecule has 0 saturated heterocycles. The minimum Gasteiger partial charge on any atom is -0.490 e. The number of pyridine rings is 1. The van der Waals surface area contributed by atoms with Gasteiger partial charge >= 0.3 is 0 Å². The topological polar surface area (TPSA) is 71.9 Å². The Balaban J connectivity index is 2.02. The number of nitrogens with zero attached hydrogens (tertiary/aromatic N) is 2. The standard InChI is InChI=1S/C11H13N3O/c12-7-9-6-11(3-4-14-9)15-10-2-1-8(13)5-10/h3-4,6,8,10H,1-2,5,13H2. The summed E-state index contributed by atoms with van der Waals surface area (Å²) < 4.78 is 5.72. The number of hydrogen-bond acceptors (Lipinski definition) is 4. The van der Waals surface area contributed by atoms with Crippen molar-refractivity contribution in [2.45, 2.75) is 31.4 Å². The van der Waals surface area contributed by atoms with Gasteiger partial charge in [0.2, 0.25) is 0 Å². The molecule has 1 aliphatic carbocycles. The average Bonchev–Trinajstić information content (AvgIpc) is 2.64. The molecule has 0 aromatic carbocycles. The van der Waals surface area contributed by atoms with Crippen LogP contribution in [0.2, 0.25) is 0 Å². The van der Waals surface area contributed by atoms with Crippen LogP contribution in [-0.2, 0) is 0 Å². The number of nitrogens with two attached hydrogens (primary N) is 1. The summed E-state index contributed by atoms with van der Waals surface area (Å²) in [6.45, 7) is 0. The lowest BCUT2D eigenvalue weighted by atomic mass is 10.3. The lowest BCUT2D eigenvalue weighted by Gasteiger charge is -2.12. The summed E-state index contributed by atoms with van der Waals surface area (Å²) in [5, 5.41) is 8.68. The van der Waals surface area contributed by atoms with E-state index in [2.05, 4.69) is 4.98 Å². The molecular weight excluding hydrogens is 190 g/mol. The van der Waals surface area contributed by atoms with Gasteiger partial charge in [0, 0.05) is 18.3 Å². The van der Waals surface area contributed by atoms with Gasteiger partial charge in [-0.15, -0.1) is 0 Å². The van der Waals surface area contributed by atoms with E-state index in [0.29, 0.717) is 11.4 Å². The molecule has 2 unspecified atom stereocenters. The zero-order valence-corrected chi connectivity index (χ0v) is 8.39. The molecule has 2 atom stereocenters. The zero-order valence-electron chi connectivity index (χ0n) is 8.39.